The van der Waals surface area contributed by atoms with Crippen molar-refractivity contribution in [3.05, 3.63) is 164 Å². The molecule has 0 aliphatic heterocycles. The van der Waals surface area contributed by atoms with E-state index in [1.807, 2.05) is 0 Å². The number of nitrogens with zero attached hydrogens (tertiary/aromatic N) is 1. The summed E-state index contributed by atoms with van der Waals surface area (Å²) in [6, 6.07) is 58.0. The van der Waals surface area contributed by atoms with Gasteiger partial charge in [0.1, 0.15) is 0 Å². The summed E-state index contributed by atoms with van der Waals surface area (Å²) in [4.78, 5) is 2.32. The molecule has 0 bridgehead atoms. The van der Waals surface area contributed by atoms with Crippen molar-refractivity contribution in [2.24, 2.45) is 0 Å². The molecule has 0 aliphatic rings. The molecular formula is C36H27N+. The average molecular weight is 474 g/mol. The Bertz CT molecular complexity index is 1360. The molecule has 1 heteroatoms. The normalized spacial score (nSPS) is 10.9. The third-order valence-corrected chi connectivity index (χ3v) is 6.70. The first kappa shape index (κ1) is 22.7. The first-order valence-electron chi connectivity index (χ1n) is 12.6. The predicted octanol–water partition coefficient (Wildman–Crippen LogP) is 10.1. The van der Waals surface area contributed by atoms with Gasteiger partial charge >= 0.3 is 0 Å². The molecule has 0 aliphatic carbocycles. The minimum Gasteiger partial charge on any atom is -0.0622 e. The highest BCUT2D eigenvalue weighted by Crippen LogP contribution is 2.37. The van der Waals surface area contributed by atoms with E-state index in [1.54, 1.807) is 0 Å². The Morgan fingerprint density at radius 1 is 0.216 bits per heavy atom. The van der Waals surface area contributed by atoms with Gasteiger partial charge in [-0.3, -0.25) is 0 Å². The second-order valence-corrected chi connectivity index (χ2v) is 9.07. The summed E-state index contributed by atoms with van der Waals surface area (Å²) in [6.07, 6.45) is 0. The van der Waals surface area contributed by atoms with Crippen LogP contribution in [-0.2, 0) is 0 Å². The van der Waals surface area contributed by atoms with Crippen LogP contribution in [0.5, 0.6) is 0 Å². The summed E-state index contributed by atoms with van der Waals surface area (Å²) in [6.45, 7) is 0. The number of rotatable bonds is 6. The smallest absolute Gasteiger partial charge is 0.0622 e. The Balaban J connectivity index is 1.38. The van der Waals surface area contributed by atoms with Crippen molar-refractivity contribution in [3.8, 4) is 33.4 Å². The maximum Gasteiger partial charge on any atom is 0.192 e. The molecule has 0 aromatic heterocycles. The molecule has 0 saturated heterocycles. The van der Waals surface area contributed by atoms with Crippen molar-refractivity contribution in [1.82, 2.24) is 4.90 Å². The Kier molecular flexibility index (Phi) is 6.44. The Morgan fingerprint density at radius 3 is 0.676 bits per heavy atom. The van der Waals surface area contributed by atoms with Gasteiger partial charge in [0.25, 0.3) is 0 Å². The van der Waals surface area contributed by atoms with E-state index in [4.69, 9.17) is 0 Å². The summed E-state index contributed by atoms with van der Waals surface area (Å²) in [5.74, 6) is 0. The summed E-state index contributed by atoms with van der Waals surface area (Å²) in [7, 11) is 0. The second-order valence-electron chi connectivity index (χ2n) is 9.07. The number of anilines is 3. The lowest BCUT2D eigenvalue weighted by molar-refractivity contribution is 0.931. The molecule has 175 valence electrons. The van der Waals surface area contributed by atoms with Gasteiger partial charge in [-0.15, -0.1) is 0 Å². The van der Waals surface area contributed by atoms with Crippen LogP contribution >= 0.6 is 0 Å². The average Bonchev–Trinajstić information content (AvgIpc) is 3.00. The molecule has 0 unspecified atom stereocenters. The van der Waals surface area contributed by atoms with E-state index in [-0.39, 0.29) is 0 Å². The molecule has 6 aromatic carbocycles. The van der Waals surface area contributed by atoms with Crippen molar-refractivity contribution in [1.29, 1.82) is 0 Å². The molecule has 0 atom stereocenters. The maximum absolute atomic E-state index is 2.32. The standard InChI is InChI=1S/C36H27N/c1-4-10-28(11-5-1)31-16-22-34(23-17-31)37(35-24-18-32(19-25-35)29-12-6-2-7-13-29)36-26-20-33(21-27-36)30-14-8-3-9-15-30/h1-27H/q+1. The van der Waals surface area contributed by atoms with Crippen LogP contribution in [0.25, 0.3) is 33.4 Å². The molecule has 1 nitrogen and oxygen atoms in total. The Labute approximate surface area is 218 Å². The molecule has 1 radical (unpaired) electrons. The zero-order chi connectivity index (χ0) is 24.9. The van der Waals surface area contributed by atoms with Crippen LogP contribution in [0.15, 0.2) is 164 Å². The molecule has 0 saturated carbocycles. The summed E-state index contributed by atoms with van der Waals surface area (Å²) in [5.41, 5.74) is 10.7. The fraction of sp³-hybridized carbons (Fsp3) is 0. The van der Waals surface area contributed by atoms with Gasteiger partial charge in [-0.1, -0.05) is 95.9 Å². The number of hydrogen-bond donors (Lipinski definition) is 0. The number of hydrogen-bond acceptors (Lipinski definition) is 1. The van der Waals surface area contributed by atoms with Gasteiger partial charge in [0.2, 0.25) is 0 Å². The van der Waals surface area contributed by atoms with Crippen LogP contribution in [0, 0.1) is 0 Å². The largest absolute Gasteiger partial charge is 0.192 e. The van der Waals surface area contributed by atoms with Crippen LogP contribution < -0.4 is 4.90 Å². The van der Waals surface area contributed by atoms with Crippen LogP contribution in [0.4, 0.5) is 17.1 Å². The fourth-order valence-corrected chi connectivity index (χ4v) is 4.75. The van der Waals surface area contributed by atoms with Crippen LogP contribution in [0.3, 0.4) is 0 Å². The lowest BCUT2D eigenvalue weighted by Gasteiger charge is -2.13. The molecule has 0 amide bonds. The van der Waals surface area contributed by atoms with Crippen molar-refractivity contribution < 1.29 is 0 Å². The van der Waals surface area contributed by atoms with Crippen molar-refractivity contribution >= 4 is 17.1 Å². The predicted molar refractivity (Wildman–Crippen MR) is 157 cm³/mol. The highest BCUT2D eigenvalue weighted by molar-refractivity contribution is 5.74. The lowest BCUT2D eigenvalue weighted by Crippen LogP contribution is -2.11. The van der Waals surface area contributed by atoms with E-state index < -0.39 is 0 Å². The molecule has 0 heterocycles. The zero-order valence-corrected chi connectivity index (χ0v) is 20.5. The Hall–Kier alpha value is -4.72. The highest BCUT2D eigenvalue weighted by atomic mass is 15.1. The SMILES string of the molecule is c1ccc(-c2ccc([N+](c3ccc(-c4ccccc4)cc3)c3ccc(-c4ccccc4)cc3)cc2)cc1. The maximum atomic E-state index is 2.32. The van der Waals surface area contributed by atoms with Gasteiger partial charge < -0.3 is 0 Å². The summed E-state index contributed by atoms with van der Waals surface area (Å²) >= 11 is 0. The minimum atomic E-state index is 1.12. The van der Waals surface area contributed by atoms with E-state index in [9.17, 15) is 0 Å². The molecule has 0 fully saturated rings. The molecule has 6 rings (SSSR count). The second kappa shape index (κ2) is 10.5. The molecule has 0 N–H and O–H groups in total. The van der Waals surface area contributed by atoms with Crippen molar-refractivity contribution in [2.75, 3.05) is 0 Å². The van der Waals surface area contributed by atoms with Crippen LogP contribution in [0.1, 0.15) is 0 Å². The summed E-state index contributed by atoms with van der Waals surface area (Å²) in [5, 5.41) is 0. The third-order valence-electron chi connectivity index (χ3n) is 6.70. The van der Waals surface area contributed by atoms with Crippen LogP contribution in [0.2, 0.25) is 0 Å². The van der Waals surface area contributed by atoms with Gasteiger partial charge in [-0.2, -0.15) is 0 Å². The van der Waals surface area contributed by atoms with Gasteiger partial charge in [0.15, 0.2) is 17.1 Å². The first-order chi connectivity index (χ1) is 18.3. The monoisotopic (exact) mass is 473 g/mol. The van der Waals surface area contributed by atoms with Crippen LogP contribution in [-0.4, -0.2) is 0 Å². The zero-order valence-electron chi connectivity index (χ0n) is 20.5. The van der Waals surface area contributed by atoms with Crippen molar-refractivity contribution in [3.63, 3.8) is 0 Å². The molecule has 0 spiro atoms. The highest BCUT2D eigenvalue weighted by Gasteiger charge is 2.26. The number of benzene rings is 6. The molecular weight excluding hydrogens is 446 g/mol. The van der Waals surface area contributed by atoms with Crippen molar-refractivity contribution in [2.45, 2.75) is 0 Å². The lowest BCUT2D eigenvalue weighted by atomic mass is 10.0. The van der Waals surface area contributed by atoms with E-state index in [1.165, 1.54) is 33.4 Å². The molecule has 37 heavy (non-hydrogen) atoms. The van der Waals surface area contributed by atoms with Gasteiger partial charge in [-0.25, -0.2) is 0 Å². The first-order valence-corrected chi connectivity index (χ1v) is 12.6. The van der Waals surface area contributed by atoms with E-state index in [0.717, 1.165) is 17.1 Å². The molecule has 6 aromatic rings. The van der Waals surface area contributed by atoms with Gasteiger partial charge in [0, 0.05) is 36.4 Å². The fourth-order valence-electron chi connectivity index (χ4n) is 4.75. The van der Waals surface area contributed by atoms with E-state index in [2.05, 4.69) is 169 Å². The van der Waals surface area contributed by atoms with E-state index >= 15 is 0 Å². The van der Waals surface area contributed by atoms with E-state index in [0.29, 0.717) is 0 Å². The quantitative estimate of drug-likeness (QED) is 0.212. The topological polar surface area (TPSA) is 5.90 Å². The van der Waals surface area contributed by atoms with Gasteiger partial charge in [0.05, 0.1) is 0 Å². The third kappa shape index (κ3) is 4.99. The Morgan fingerprint density at radius 2 is 0.432 bits per heavy atom. The summed E-state index contributed by atoms with van der Waals surface area (Å²) < 4.78 is 0. The van der Waals surface area contributed by atoms with Gasteiger partial charge in [-0.05, 0) is 69.8 Å². The minimum absolute atomic E-state index is 1.12.